The van der Waals surface area contributed by atoms with Gasteiger partial charge < -0.3 is 15.0 Å². The van der Waals surface area contributed by atoms with E-state index in [0.717, 1.165) is 16.5 Å². The maximum absolute atomic E-state index is 13.6. The highest BCUT2D eigenvalue weighted by Crippen LogP contribution is 2.47. The van der Waals surface area contributed by atoms with E-state index in [0.29, 0.717) is 34.8 Å². The fraction of sp³-hybridized carbons (Fsp3) is 0.125. The van der Waals surface area contributed by atoms with Crippen molar-refractivity contribution in [1.29, 1.82) is 0 Å². The minimum absolute atomic E-state index is 0.351. The van der Waals surface area contributed by atoms with Gasteiger partial charge in [-0.05, 0) is 36.2 Å². The molecule has 2 heterocycles. The van der Waals surface area contributed by atoms with E-state index in [-0.39, 0.29) is 5.91 Å². The molecule has 3 aromatic carbocycles. The number of anilines is 1. The van der Waals surface area contributed by atoms with Crippen LogP contribution >= 0.6 is 11.6 Å². The Balaban J connectivity index is 1.61. The Morgan fingerprint density at radius 1 is 0.966 bits per heavy atom. The first kappa shape index (κ1) is 18.0. The van der Waals surface area contributed by atoms with Crippen LogP contribution in [0.4, 0.5) is 5.69 Å². The number of aromatic amines is 1. The smallest absolute Gasteiger partial charge is 0.268 e. The summed E-state index contributed by atoms with van der Waals surface area (Å²) in [5.74, 6) is -0.351. The molecule has 0 aliphatic carbocycles. The number of carbonyl (C=O) groups is 1. The molecule has 4 nitrogen and oxygen atoms in total. The van der Waals surface area contributed by atoms with E-state index in [4.69, 9.17) is 11.6 Å². The average molecular weight is 403 g/mol. The van der Waals surface area contributed by atoms with Crippen molar-refractivity contribution in [2.75, 3.05) is 11.4 Å². The first-order chi connectivity index (χ1) is 14.1. The molecule has 29 heavy (non-hydrogen) atoms. The molecule has 144 valence electrons. The van der Waals surface area contributed by atoms with Gasteiger partial charge in [0.2, 0.25) is 0 Å². The van der Waals surface area contributed by atoms with E-state index in [2.05, 4.69) is 4.98 Å². The van der Waals surface area contributed by atoms with Gasteiger partial charge in [-0.1, -0.05) is 60.1 Å². The van der Waals surface area contributed by atoms with Crippen molar-refractivity contribution in [2.45, 2.75) is 12.0 Å². The number of nitrogens with one attached hydrogen (secondary N) is 1. The quantitative estimate of drug-likeness (QED) is 0.522. The Hall–Kier alpha value is -3.08. The summed E-state index contributed by atoms with van der Waals surface area (Å²) in [7, 11) is 0. The number of amides is 1. The highest BCUT2D eigenvalue weighted by molar-refractivity contribution is 6.31. The molecule has 0 saturated carbocycles. The largest absolute Gasteiger partial charge is 0.372 e. The number of carbonyl (C=O) groups excluding carboxylic acids is 1. The van der Waals surface area contributed by atoms with Crippen molar-refractivity contribution in [2.24, 2.45) is 0 Å². The SMILES string of the molecule is O=C1N(CCc2ccccc2)c2ccc(Cl)cc2[C@]1(O)c1c[nH]c2ccccc12. The molecular formula is C24H19ClN2O2. The Bertz CT molecular complexity index is 1220. The molecule has 0 spiro atoms. The highest BCUT2D eigenvalue weighted by atomic mass is 35.5. The van der Waals surface area contributed by atoms with Crippen LogP contribution in [0.5, 0.6) is 0 Å². The molecule has 5 rings (SSSR count). The van der Waals surface area contributed by atoms with Gasteiger partial charge in [0.05, 0.1) is 5.69 Å². The van der Waals surface area contributed by atoms with Crippen LogP contribution in [-0.2, 0) is 16.8 Å². The Morgan fingerprint density at radius 2 is 1.72 bits per heavy atom. The van der Waals surface area contributed by atoms with E-state index in [1.165, 1.54) is 0 Å². The van der Waals surface area contributed by atoms with E-state index < -0.39 is 5.60 Å². The summed E-state index contributed by atoms with van der Waals surface area (Å²) in [6, 6.07) is 22.9. The van der Waals surface area contributed by atoms with Gasteiger partial charge in [0.1, 0.15) is 0 Å². The summed E-state index contributed by atoms with van der Waals surface area (Å²) < 4.78 is 0. The van der Waals surface area contributed by atoms with Crippen LogP contribution in [0.3, 0.4) is 0 Å². The van der Waals surface area contributed by atoms with Crippen LogP contribution in [0.15, 0.2) is 79.0 Å². The number of aromatic nitrogens is 1. The number of fused-ring (bicyclic) bond motifs is 2. The Kier molecular flexibility index (Phi) is 4.19. The molecule has 0 fully saturated rings. The molecule has 0 saturated heterocycles. The number of benzene rings is 3. The number of hydrogen-bond donors (Lipinski definition) is 2. The van der Waals surface area contributed by atoms with E-state index in [1.54, 1.807) is 23.2 Å². The van der Waals surface area contributed by atoms with Gasteiger partial charge >= 0.3 is 0 Å². The van der Waals surface area contributed by atoms with Crippen LogP contribution in [0.25, 0.3) is 10.9 Å². The van der Waals surface area contributed by atoms with Crippen molar-refractivity contribution in [1.82, 2.24) is 4.98 Å². The van der Waals surface area contributed by atoms with E-state index in [9.17, 15) is 9.90 Å². The van der Waals surface area contributed by atoms with Gasteiger partial charge in [0.15, 0.2) is 5.60 Å². The highest BCUT2D eigenvalue weighted by Gasteiger charge is 2.52. The van der Waals surface area contributed by atoms with Crippen LogP contribution < -0.4 is 4.90 Å². The lowest BCUT2D eigenvalue weighted by Crippen LogP contribution is -2.41. The first-order valence-corrected chi connectivity index (χ1v) is 9.92. The minimum atomic E-state index is -1.78. The summed E-state index contributed by atoms with van der Waals surface area (Å²) in [4.78, 5) is 18.4. The van der Waals surface area contributed by atoms with Crippen molar-refractivity contribution in [3.05, 3.63) is 101 Å². The number of halogens is 1. The second-order valence-corrected chi connectivity index (χ2v) is 7.75. The molecule has 0 bridgehead atoms. The number of hydrogen-bond acceptors (Lipinski definition) is 2. The molecular weight excluding hydrogens is 384 g/mol. The zero-order valence-corrected chi connectivity index (χ0v) is 16.4. The number of H-pyrrole nitrogens is 1. The van der Waals surface area contributed by atoms with Gasteiger partial charge in [-0.3, -0.25) is 4.79 Å². The minimum Gasteiger partial charge on any atom is -0.372 e. The third-order valence-electron chi connectivity index (χ3n) is 5.64. The Labute approximate surface area is 173 Å². The van der Waals surface area contributed by atoms with Gasteiger partial charge in [0.25, 0.3) is 5.91 Å². The summed E-state index contributed by atoms with van der Waals surface area (Å²) in [5, 5.41) is 13.1. The third-order valence-corrected chi connectivity index (χ3v) is 5.87. The lowest BCUT2D eigenvalue weighted by atomic mass is 9.87. The standard InChI is InChI=1S/C24H19ClN2O2/c25-17-10-11-22-19(14-17)24(29,20-15-26-21-9-5-4-8-18(20)21)23(28)27(22)13-12-16-6-2-1-3-7-16/h1-11,14-15,26,29H,12-13H2/t24-/m0/s1. The molecule has 1 aliphatic heterocycles. The molecule has 1 aliphatic rings. The second-order valence-electron chi connectivity index (χ2n) is 7.31. The van der Waals surface area contributed by atoms with Crippen LogP contribution in [0, 0.1) is 0 Å². The lowest BCUT2D eigenvalue weighted by Gasteiger charge is -2.23. The molecule has 0 radical (unpaired) electrons. The number of para-hydroxylation sites is 1. The molecule has 0 unspecified atom stereocenters. The molecule has 1 amide bonds. The van der Waals surface area contributed by atoms with Crippen molar-refractivity contribution < 1.29 is 9.90 Å². The zero-order chi connectivity index (χ0) is 20.0. The number of nitrogens with zero attached hydrogens (tertiary/aromatic N) is 1. The average Bonchev–Trinajstić information content (AvgIpc) is 3.27. The van der Waals surface area contributed by atoms with Gasteiger partial charge in [0, 0.05) is 39.8 Å². The number of aliphatic hydroxyl groups is 1. The van der Waals surface area contributed by atoms with Crippen molar-refractivity contribution in [3.8, 4) is 0 Å². The summed E-state index contributed by atoms with van der Waals surface area (Å²) in [6.45, 7) is 0.474. The predicted octanol–water partition coefficient (Wildman–Crippen LogP) is 4.65. The summed E-state index contributed by atoms with van der Waals surface area (Å²) in [5.41, 5.74) is 1.99. The monoisotopic (exact) mass is 402 g/mol. The molecule has 1 aromatic heterocycles. The maximum atomic E-state index is 13.6. The molecule has 1 atom stereocenters. The first-order valence-electron chi connectivity index (χ1n) is 9.54. The normalized spacial score (nSPS) is 18.4. The third kappa shape index (κ3) is 2.76. The fourth-order valence-electron chi connectivity index (χ4n) is 4.19. The zero-order valence-electron chi connectivity index (χ0n) is 15.6. The van der Waals surface area contributed by atoms with Crippen LogP contribution in [-0.4, -0.2) is 22.5 Å². The predicted molar refractivity (Wildman–Crippen MR) is 115 cm³/mol. The summed E-state index contributed by atoms with van der Waals surface area (Å²) >= 11 is 6.25. The van der Waals surface area contributed by atoms with E-state index >= 15 is 0 Å². The van der Waals surface area contributed by atoms with Crippen LogP contribution in [0.2, 0.25) is 5.02 Å². The second kappa shape index (κ2) is 6.76. The van der Waals surface area contributed by atoms with Gasteiger partial charge in [-0.25, -0.2) is 0 Å². The van der Waals surface area contributed by atoms with Crippen molar-refractivity contribution >= 4 is 34.1 Å². The summed E-state index contributed by atoms with van der Waals surface area (Å²) in [6.07, 6.45) is 2.41. The van der Waals surface area contributed by atoms with Gasteiger partial charge in [-0.15, -0.1) is 0 Å². The molecule has 2 N–H and O–H groups in total. The van der Waals surface area contributed by atoms with E-state index in [1.807, 2.05) is 60.7 Å². The topological polar surface area (TPSA) is 56.3 Å². The van der Waals surface area contributed by atoms with Gasteiger partial charge in [-0.2, -0.15) is 0 Å². The molecule has 5 heteroatoms. The molecule has 4 aromatic rings. The van der Waals surface area contributed by atoms with Crippen LogP contribution in [0.1, 0.15) is 16.7 Å². The fourth-order valence-corrected chi connectivity index (χ4v) is 4.36. The number of rotatable bonds is 4. The Morgan fingerprint density at radius 3 is 2.55 bits per heavy atom. The maximum Gasteiger partial charge on any atom is 0.268 e. The lowest BCUT2D eigenvalue weighted by molar-refractivity contribution is -0.132. The van der Waals surface area contributed by atoms with Crippen molar-refractivity contribution in [3.63, 3.8) is 0 Å².